The van der Waals surface area contributed by atoms with Gasteiger partial charge in [0.2, 0.25) is 5.91 Å². The maximum Gasteiger partial charge on any atom is 0.335 e. The number of hydrogen-bond acceptors (Lipinski definition) is 6. The molecular weight excluding hydrogens is 538 g/mol. The maximum atomic E-state index is 15.1. The largest absolute Gasteiger partial charge is 0.452 e. The monoisotopic (exact) mass is 560 g/mol. The number of fused-ring (bicyclic) bond motifs is 1. The third-order valence-corrected chi connectivity index (χ3v) is 6.03. The molecule has 5 aromatic rings. The first-order chi connectivity index (χ1) is 19.6. The van der Waals surface area contributed by atoms with Gasteiger partial charge in [-0.3, -0.25) is 19.0 Å². The Morgan fingerprint density at radius 3 is 2.37 bits per heavy atom. The highest BCUT2D eigenvalue weighted by Crippen LogP contribution is 2.31. The first-order valence-corrected chi connectivity index (χ1v) is 12.3. The summed E-state index contributed by atoms with van der Waals surface area (Å²) < 4.78 is 37.6. The van der Waals surface area contributed by atoms with E-state index in [2.05, 4.69) is 15.7 Å². The van der Waals surface area contributed by atoms with Crippen molar-refractivity contribution in [3.8, 4) is 17.2 Å². The summed E-state index contributed by atoms with van der Waals surface area (Å²) in [6.45, 7) is 3.14. The average molecular weight is 561 g/mol. The molecule has 0 fully saturated rings. The molecule has 0 radical (unpaired) electrons. The second kappa shape index (κ2) is 10.9. The first-order valence-electron chi connectivity index (χ1n) is 12.3. The van der Waals surface area contributed by atoms with Crippen LogP contribution in [0.25, 0.3) is 11.2 Å². The normalized spacial score (nSPS) is 10.9. The van der Waals surface area contributed by atoms with Crippen molar-refractivity contribution in [2.75, 3.05) is 10.6 Å². The fraction of sp³-hybridized carbons (Fsp3) is 0.107. The Hall–Kier alpha value is -5.59. The molecule has 3 heterocycles. The summed E-state index contributed by atoms with van der Waals surface area (Å²) in [5.74, 6) is -2.54. The first kappa shape index (κ1) is 27.0. The van der Waals surface area contributed by atoms with Gasteiger partial charge in [0.15, 0.2) is 17.3 Å². The molecular formula is C28H22F2N6O5. The summed E-state index contributed by atoms with van der Waals surface area (Å²) in [6, 6.07) is 11.5. The number of ether oxygens (including phenoxy) is 1. The van der Waals surface area contributed by atoms with Crippen LogP contribution in [0, 0.1) is 11.6 Å². The minimum Gasteiger partial charge on any atom is -0.452 e. The second-order valence-corrected chi connectivity index (χ2v) is 8.86. The standard InChI is InChI=1S/C28H22F2N6O5/c1-3-34-15-21(27(39)36(28(34)40)20-7-4-17(29)5-8-20)26(38)33-18-6-9-24(22(30)12-18)41-25-13-19(32-16(2)37)14-35-23(25)10-11-31-35/h4-15H,3H2,1-2H3,(H,32,37)(H,33,38). The van der Waals surface area contributed by atoms with Gasteiger partial charge in [0.05, 0.1) is 23.8 Å². The summed E-state index contributed by atoms with van der Waals surface area (Å²) in [6.07, 6.45) is 4.21. The molecule has 3 aromatic heterocycles. The Bertz CT molecular complexity index is 1930. The number of carbonyl (C=O) groups excluding carboxylic acids is 2. The van der Waals surface area contributed by atoms with Crippen LogP contribution in [-0.4, -0.2) is 30.6 Å². The Morgan fingerprint density at radius 2 is 1.68 bits per heavy atom. The number of nitrogens with one attached hydrogen (secondary N) is 2. The Kier molecular flexibility index (Phi) is 7.17. The number of aromatic nitrogens is 4. The van der Waals surface area contributed by atoms with E-state index in [1.165, 1.54) is 48.0 Å². The zero-order valence-electron chi connectivity index (χ0n) is 21.7. The van der Waals surface area contributed by atoms with Gasteiger partial charge in [-0.15, -0.1) is 0 Å². The minimum absolute atomic E-state index is 0.0170. The van der Waals surface area contributed by atoms with E-state index >= 15 is 4.39 Å². The Labute approximate surface area is 230 Å². The molecule has 2 amide bonds. The molecule has 11 nitrogen and oxygen atoms in total. The van der Waals surface area contributed by atoms with E-state index in [4.69, 9.17) is 4.74 Å². The quantitative estimate of drug-likeness (QED) is 0.310. The molecule has 208 valence electrons. The molecule has 0 aliphatic heterocycles. The van der Waals surface area contributed by atoms with Crippen LogP contribution in [0.4, 0.5) is 20.2 Å². The molecule has 0 saturated heterocycles. The lowest BCUT2D eigenvalue weighted by Gasteiger charge is -2.13. The molecule has 0 bridgehead atoms. The van der Waals surface area contributed by atoms with Crippen LogP contribution in [0.5, 0.6) is 11.5 Å². The van der Waals surface area contributed by atoms with Crippen molar-refractivity contribution in [1.29, 1.82) is 0 Å². The molecule has 0 saturated carbocycles. The zero-order chi connectivity index (χ0) is 29.3. The number of amides is 2. The number of carbonyl (C=O) groups is 2. The number of nitrogens with zero attached hydrogens (tertiary/aromatic N) is 4. The van der Waals surface area contributed by atoms with Crippen molar-refractivity contribution in [2.45, 2.75) is 20.4 Å². The molecule has 0 spiro atoms. The number of anilines is 2. The maximum absolute atomic E-state index is 15.1. The van der Waals surface area contributed by atoms with Crippen LogP contribution in [0.15, 0.2) is 82.8 Å². The van der Waals surface area contributed by atoms with Crippen LogP contribution in [0.2, 0.25) is 0 Å². The number of hydrogen-bond donors (Lipinski definition) is 2. The highest BCUT2D eigenvalue weighted by atomic mass is 19.1. The topological polar surface area (TPSA) is 129 Å². The zero-order valence-corrected chi connectivity index (χ0v) is 21.7. The minimum atomic E-state index is -0.923. The molecule has 2 N–H and O–H groups in total. The van der Waals surface area contributed by atoms with Crippen LogP contribution in [0.1, 0.15) is 24.2 Å². The van der Waals surface area contributed by atoms with Gasteiger partial charge in [0.1, 0.15) is 16.9 Å². The smallest absolute Gasteiger partial charge is 0.335 e. The summed E-state index contributed by atoms with van der Waals surface area (Å²) >= 11 is 0. The second-order valence-electron chi connectivity index (χ2n) is 8.86. The van der Waals surface area contributed by atoms with Gasteiger partial charge in [-0.25, -0.2) is 22.7 Å². The van der Waals surface area contributed by atoms with Crippen LogP contribution in [0.3, 0.4) is 0 Å². The van der Waals surface area contributed by atoms with E-state index in [-0.39, 0.29) is 40.9 Å². The van der Waals surface area contributed by atoms with Gasteiger partial charge in [-0.05, 0) is 49.4 Å². The lowest BCUT2D eigenvalue weighted by molar-refractivity contribution is -0.114. The van der Waals surface area contributed by atoms with E-state index in [1.807, 2.05) is 0 Å². The molecule has 0 atom stereocenters. The average Bonchev–Trinajstić information content (AvgIpc) is 3.40. The molecule has 0 aliphatic rings. The van der Waals surface area contributed by atoms with E-state index < -0.39 is 28.8 Å². The number of benzene rings is 2. The number of aryl methyl sites for hydroxylation is 1. The molecule has 0 unspecified atom stereocenters. The van der Waals surface area contributed by atoms with E-state index in [1.54, 1.807) is 19.2 Å². The molecule has 5 rings (SSSR count). The van der Waals surface area contributed by atoms with Crippen molar-refractivity contribution >= 4 is 28.7 Å². The molecule has 2 aromatic carbocycles. The van der Waals surface area contributed by atoms with Crippen molar-refractivity contribution in [2.24, 2.45) is 0 Å². The van der Waals surface area contributed by atoms with Crippen molar-refractivity contribution < 1.29 is 23.1 Å². The molecule has 13 heteroatoms. The molecule has 0 aliphatic carbocycles. The van der Waals surface area contributed by atoms with E-state index in [0.29, 0.717) is 11.2 Å². The summed E-state index contributed by atoms with van der Waals surface area (Å²) in [4.78, 5) is 50.5. The van der Waals surface area contributed by atoms with Gasteiger partial charge in [-0.2, -0.15) is 5.10 Å². The SMILES string of the molecule is CCn1cc(C(=O)Nc2ccc(Oc3cc(NC(C)=O)cn4nccc34)c(F)c2)c(=O)n(-c2ccc(F)cc2)c1=O. The predicted octanol–water partition coefficient (Wildman–Crippen LogP) is 3.95. The highest BCUT2D eigenvalue weighted by molar-refractivity contribution is 6.03. The lowest BCUT2D eigenvalue weighted by atomic mass is 10.2. The van der Waals surface area contributed by atoms with Gasteiger partial charge in [-0.1, -0.05) is 0 Å². The Balaban J connectivity index is 1.43. The third-order valence-electron chi connectivity index (χ3n) is 6.03. The van der Waals surface area contributed by atoms with Crippen LogP contribution in [-0.2, 0) is 11.3 Å². The fourth-order valence-electron chi connectivity index (χ4n) is 4.13. The number of halogens is 2. The van der Waals surface area contributed by atoms with Crippen LogP contribution < -0.4 is 26.6 Å². The van der Waals surface area contributed by atoms with Crippen LogP contribution >= 0.6 is 0 Å². The third kappa shape index (κ3) is 5.45. The van der Waals surface area contributed by atoms with Gasteiger partial charge >= 0.3 is 5.69 Å². The van der Waals surface area contributed by atoms with Gasteiger partial charge in [0, 0.05) is 37.5 Å². The van der Waals surface area contributed by atoms with E-state index in [0.717, 1.165) is 33.5 Å². The summed E-state index contributed by atoms with van der Waals surface area (Å²) in [5, 5.41) is 9.20. The van der Waals surface area contributed by atoms with Crippen molar-refractivity contribution in [3.05, 3.63) is 111 Å². The fourth-order valence-corrected chi connectivity index (χ4v) is 4.13. The summed E-state index contributed by atoms with van der Waals surface area (Å²) in [5.41, 5.74) is -1.01. The van der Waals surface area contributed by atoms with E-state index in [9.17, 15) is 23.6 Å². The molecule has 41 heavy (non-hydrogen) atoms. The van der Waals surface area contributed by atoms with Crippen molar-refractivity contribution in [3.63, 3.8) is 0 Å². The Morgan fingerprint density at radius 1 is 0.927 bits per heavy atom. The predicted molar refractivity (Wildman–Crippen MR) is 146 cm³/mol. The van der Waals surface area contributed by atoms with Crippen molar-refractivity contribution in [1.82, 2.24) is 18.7 Å². The summed E-state index contributed by atoms with van der Waals surface area (Å²) in [7, 11) is 0. The van der Waals surface area contributed by atoms with Gasteiger partial charge < -0.3 is 15.4 Å². The number of rotatable bonds is 7. The lowest BCUT2D eigenvalue weighted by Crippen LogP contribution is -2.42. The highest BCUT2D eigenvalue weighted by Gasteiger charge is 2.19. The number of pyridine rings is 1. The van der Waals surface area contributed by atoms with Gasteiger partial charge in [0.25, 0.3) is 11.5 Å².